The molecular weight excluding hydrogens is 394 g/mol. The van der Waals surface area contributed by atoms with Gasteiger partial charge in [0.2, 0.25) is 0 Å². The SMILES string of the molecule is COc1cccc(CN(CCN(C)C)Cc2cnc(C)[nH]2)c1OCCN1CCOCC1. The van der Waals surface area contributed by atoms with E-state index >= 15 is 0 Å². The Hall–Kier alpha value is -2.13. The molecule has 1 aromatic carbocycles. The van der Waals surface area contributed by atoms with Crippen molar-refractivity contribution < 1.29 is 14.2 Å². The number of ether oxygens (including phenoxy) is 3. The average molecular weight is 432 g/mol. The van der Waals surface area contributed by atoms with Crippen molar-refractivity contribution in [2.75, 3.05) is 73.7 Å². The van der Waals surface area contributed by atoms with Crippen molar-refractivity contribution in [3.63, 3.8) is 0 Å². The molecule has 2 aromatic rings. The number of methoxy groups -OCH3 is 1. The molecule has 0 bridgehead atoms. The topological polar surface area (TPSA) is 66.1 Å². The average Bonchev–Trinajstić information content (AvgIpc) is 3.18. The highest BCUT2D eigenvalue weighted by Gasteiger charge is 2.17. The third-order valence-electron chi connectivity index (χ3n) is 5.44. The number of nitrogens with one attached hydrogen (secondary N) is 1. The summed E-state index contributed by atoms with van der Waals surface area (Å²) in [5, 5.41) is 0. The highest BCUT2D eigenvalue weighted by Crippen LogP contribution is 2.32. The van der Waals surface area contributed by atoms with Gasteiger partial charge >= 0.3 is 0 Å². The van der Waals surface area contributed by atoms with Gasteiger partial charge in [-0.3, -0.25) is 9.80 Å². The summed E-state index contributed by atoms with van der Waals surface area (Å²) < 4.78 is 17.3. The predicted octanol–water partition coefficient (Wildman–Crippen LogP) is 2.00. The first-order valence-electron chi connectivity index (χ1n) is 11.0. The maximum absolute atomic E-state index is 6.28. The minimum atomic E-state index is 0.630. The third kappa shape index (κ3) is 7.50. The number of aromatic amines is 1. The predicted molar refractivity (Wildman–Crippen MR) is 122 cm³/mol. The number of aryl methyl sites for hydroxylation is 1. The van der Waals surface area contributed by atoms with E-state index in [0.717, 1.165) is 87.6 Å². The van der Waals surface area contributed by atoms with E-state index in [2.05, 4.69) is 44.8 Å². The number of H-pyrrole nitrogens is 1. The first-order chi connectivity index (χ1) is 15.0. The molecule has 0 aliphatic carbocycles. The van der Waals surface area contributed by atoms with Crippen LogP contribution in [0.1, 0.15) is 17.1 Å². The van der Waals surface area contributed by atoms with Gasteiger partial charge in [0.05, 0.1) is 20.3 Å². The molecular formula is C23H37N5O3. The summed E-state index contributed by atoms with van der Waals surface area (Å²) in [5.74, 6) is 2.56. The maximum Gasteiger partial charge on any atom is 0.165 e. The van der Waals surface area contributed by atoms with E-state index in [1.807, 2.05) is 25.3 Å². The summed E-state index contributed by atoms with van der Waals surface area (Å²) >= 11 is 0. The number of hydrogen-bond donors (Lipinski definition) is 1. The smallest absolute Gasteiger partial charge is 0.165 e. The molecule has 0 amide bonds. The van der Waals surface area contributed by atoms with E-state index in [1.54, 1.807) is 7.11 Å². The van der Waals surface area contributed by atoms with Crippen molar-refractivity contribution >= 4 is 0 Å². The lowest BCUT2D eigenvalue weighted by molar-refractivity contribution is 0.0320. The lowest BCUT2D eigenvalue weighted by atomic mass is 10.1. The summed E-state index contributed by atoms with van der Waals surface area (Å²) in [4.78, 5) is 14.7. The van der Waals surface area contributed by atoms with Gasteiger partial charge in [0.25, 0.3) is 0 Å². The number of aromatic nitrogens is 2. The van der Waals surface area contributed by atoms with E-state index < -0.39 is 0 Å². The molecule has 0 saturated carbocycles. The van der Waals surface area contributed by atoms with Crippen molar-refractivity contribution in [2.24, 2.45) is 0 Å². The number of rotatable bonds is 12. The van der Waals surface area contributed by atoms with Gasteiger partial charge in [-0.2, -0.15) is 0 Å². The van der Waals surface area contributed by atoms with Gasteiger partial charge in [-0.15, -0.1) is 0 Å². The lowest BCUT2D eigenvalue weighted by Crippen LogP contribution is -2.38. The molecule has 172 valence electrons. The van der Waals surface area contributed by atoms with Crippen LogP contribution in [-0.2, 0) is 17.8 Å². The summed E-state index contributed by atoms with van der Waals surface area (Å²) in [6, 6.07) is 6.14. The van der Waals surface area contributed by atoms with Crippen LogP contribution in [0.5, 0.6) is 11.5 Å². The minimum Gasteiger partial charge on any atom is -0.493 e. The Morgan fingerprint density at radius 1 is 1.16 bits per heavy atom. The van der Waals surface area contributed by atoms with Gasteiger partial charge in [-0.1, -0.05) is 12.1 Å². The third-order valence-corrected chi connectivity index (χ3v) is 5.44. The second-order valence-electron chi connectivity index (χ2n) is 8.26. The van der Waals surface area contributed by atoms with E-state index in [1.165, 1.54) is 0 Å². The Bertz CT molecular complexity index is 789. The molecule has 0 atom stereocenters. The van der Waals surface area contributed by atoms with Crippen LogP contribution >= 0.6 is 0 Å². The molecule has 8 heteroatoms. The molecule has 1 fully saturated rings. The largest absolute Gasteiger partial charge is 0.493 e. The number of morpholine rings is 1. The van der Waals surface area contributed by atoms with E-state index in [-0.39, 0.29) is 0 Å². The first kappa shape index (κ1) is 23.5. The number of para-hydroxylation sites is 1. The number of nitrogens with zero attached hydrogens (tertiary/aromatic N) is 4. The monoisotopic (exact) mass is 431 g/mol. The number of benzene rings is 1. The Labute approximate surface area is 186 Å². The van der Waals surface area contributed by atoms with E-state index in [4.69, 9.17) is 14.2 Å². The Morgan fingerprint density at radius 2 is 1.97 bits per heavy atom. The van der Waals surface area contributed by atoms with Gasteiger partial charge in [0.15, 0.2) is 11.5 Å². The standard InChI is InChI=1S/C23H37N5O3/c1-19-24-16-21(25-19)18-28(9-8-26(2)3)17-20-6-5-7-22(29-4)23(20)31-15-12-27-10-13-30-14-11-27/h5-7,16H,8-15,17-18H2,1-4H3,(H,24,25). The fourth-order valence-corrected chi connectivity index (χ4v) is 3.70. The van der Waals surface area contributed by atoms with Crippen molar-refractivity contribution in [2.45, 2.75) is 20.0 Å². The van der Waals surface area contributed by atoms with Crippen LogP contribution in [0.15, 0.2) is 24.4 Å². The van der Waals surface area contributed by atoms with Crippen LogP contribution in [-0.4, -0.2) is 98.4 Å². The van der Waals surface area contributed by atoms with Gasteiger partial charge in [0.1, 0.15) is 12.4 Å². The lowest BCUT2D eigenvalue weighted by Gasteiger charge is -2.27. The van der Waals surface area contributed by atoms with Crippen LogP contribution in [0.3, 0.4) is 0 Å². The molecule has 1 N–H and O–H groups in total. The van der Waals surface area contributed by atoms with Gasteiger partial charge in [-0.05, 0) is 27.1 Å². The van der Waals surface area contributed by atoms with Gasteiger partial charge in [-0.25, -0.2) is 4.98 Å². The van der Waals surface area contributed by atoms with Crippen molar-refractivity contribution in [1.82, 2.24) is 24.7 Å². The normalized spacial score (nSPS) is 15.0. The second-order valence-corrected chi connectivity index (χ2v) is 8.26. The number of hydrogen-bond acceptors (Lipinski definition) is 7. The molecule has 0 spiro atoms. The van der Waals surface area contributed by atoms with Gasteiger partial charge < -0.3 is 24.1 Å². The van der Waals surface area contributed by atoms with Crippen LogP contribution < -0.4 is 9.47 Å². The number of imidazole rings is 1. The molecule has 31 heavy (non-hydrogen) atoms. The van der Waals surface area contributed by atoms with Crippen molar-refractivity contribution in [3.05, 3.63) is 41.5 Å². The maximum atomic E-state index is 6.28. The highest BCUT2D eigenvalue weighted by molar-refractivity contribution is 5.46. The minimum absolute atomic E-state index is 0.630. The van der Waals surface area contributed by atoms with Gasteiger partial charge in [0, 0.05) is 63.3 Å². The van der Waals surface area contributed by atoms with Crippen molar-refractivity contribution in [3.8, 4) is 11.5 Å². The first-order valence-corrected chi connectivity index (χ1v) is 11.0. The van der Waals surface area contributed by atoms with Crippen LogP contribution in [0.25, 0.3) is 0 Å². The number of likely N-dealkylation sites (N-methyl/N-ethyl adjacent to an activating group) is 1. The highest BCUT2D eigenvalue weighted by atomic mass is 16.5. The molecule has 3 rings (SSSR count). The molecule has 8 nitrogen and oxygen atoms in total. The fourth-order valence-electron chi connectivity index (χ4n) is 3.70. The molecule has 0 radical (unpaired) electrons. The zero-order valence-corrected chi connectivity index (χ0v) is 19.4. The summed E-state index contributed by atoms with van der Waals surface area (Å²) in [7, 11) is 5.90. The summed E-state index contributed by atoms with van der Waals surface area (Å²) in [5.41, 5.74) is 2.25. The second kappa shape index (κ2) is 12.0. The fraction of sp³-hybridized carbons (Fsp3) is 0.609. The Balaban J connectivity index is 1.69. The van der Waals surface area contributed by atoms with Crippen LogP contribution in [0, 0.1) is 6.92 Å². The molecule has 1 saturated heterocycles. The van der Waals surface area contributed by atoms with Crippen LogP contribution in [0.4, 0.5) is 0 Å². The van der Waals surface area contributed by atoms with E-state index in [0.29, 0.717) is 6.61 Å². The van der Waals surface area contributed by atoms with Crippen molar-refractivity contribution in [1.29, 1.82) is 0 Å². The Morgan fingerprint density at radius 3 is 2.65 bits per heavy atom. The summed E-state index contributed by atoms with van der Waals surface area (Å²) in [6.45, 7) is 10.5. The Kier molecular flexibility index (Phi) is 9.14. The molecule has 0 unspecified atom stereocenters. The molecule has 1 aromatic heterocycles. The van der Waals surface area contributed by atoms with E-state index in [9.17, 15) is 0 Å². The summed E-state index contributed by atoms with van der Waals surface area (Å²) in [6.07, 6.45) is 1.92. The molecule has 2 heterocycles. The quantitative estimate of drug-likeness (QED) is 0.551. The zero-order chi connectivity index (χ0) is 22.1. The van der Waals surface area contributed by atoms with Crippen LogP contribution in [0.2, 0.25) is 0 Å². The molecule has 1 aliphatic heterocycles. The zero-order valence-electron chi connectivity index (χ0n) is 19.4. The molecule has 1 aliphatic rings.